The summed E-state index contributed by atoms with van der Waals surface area (Å²) in [7, 11) is 0. The Kier molecular flexibility index (Phi) is 4.27. The Balaban J connectivity index is 2.32. The summed E-state index contributed by atoms with van der Waals surface area (Å²) in [5.74, 6) is 1.30. The monoisotopic (exact) mass is 210 g/mol. The third-order valence-electron chi connectivity index (χ3n) is 2.17. The largest absolute Gasteiger partial charge is 0.346 e. The standard InChI is InChI=1S/C10H18N4O/c1-7(2)4-5-9(15)13-8(3)10-11-6-12-14-10/h6-8H,4-5H2,1-3H3,(H,13,15)(H,11,12,14). The van der Waals surface area contributed by atoms with E-state index in [1.54, 1.807) is 0 Å². The van der Waals surface area contributed by atoms with Crippen molar-refractivity contribution < 1.29 is 4.79 Å². The number of aromatic amines is 1. The molecule has 0 saturated heterocycles. The number of nitrogens with one attached hydrogen (secondary N) is 2. The smallest absolute Gasteiger partial charge is 0.220 e. The average molecular weight is 210 g/mol. The molecular weight excluding hydrogens is 192 g/mol. The fraction of sp³-hybridized carbons (Fsp3) is 0.700. The van der Waals surface area contributed by atoms with Gasteiger partial charge in [0.25, 0.3) is 0 Å². The van der Waals surface area contributed by atoms with Crippen LogP contribution in [0.15, 0.2) is 6.33 Å². The average Bonchev–Trinajstić information content (AvgIpc) is 2.67. The molecule has 1 aromatic rings. The maximum absolute atomic E-state index is 11.5. The van der Waals surface area contributed by atoms with Crippen LogP contribution < -0.4 is 5.32 Å². The van der Waals surface area contributed by atoms with Gasteiger partial charge in [-0.1, -0.05) is 13.8 Å². The minimum Gasteiger partial charge on any atom is -0.346 e. The molecule has 0 fully saturated rings. The molecule has 1 amide bonds. The Morgan fingerprint density at radius 3 is 2.80 bits per heavy atom. The van der Waals surface area contributed by atoms with E-state index in [9.17, 15) is 4.79 Å². The van der Waals surface area contributed by atoms with E-state index in [0.717, 1.165) is 6.42 Å². The highest BCUT2D eigenvalue weighted by molar-refractivity contribution is 5.76. The fourth-order valence-electron chi connectivity index (χ4n) is 1.23. The van der Waals surface area contributed by atoms with Crippen LogP contribution in [0.5, 0.6) is 0 Å². The molecule has 5 nitrogen and oxygen atoms in total. The van der Waals surface area contributed by atoms with Crippen molar-refractivity contribution >= 4 is 5.91 Å². The van der Waals surface area contributed by atoms with Gasteiger partial charge < -0.3 is 5.32 Å². The van der Waals surface area contributed by atoms with Gasteiger partial charge in [0.15, 0.2) is 0 Å². The summed E-state index contributed by atoms with van der Waals surface area (Å²) in [5, 5.41) is 9.33. The number of amides is 1. The van der Waals surface area contributed by atoms with E-state index in [0.29, 0.717) is 18.2 Å². The van der Waals surface area contributed by atoms with Crippen molar-refractivity contribution in [2.75, 3.05) is 0 Å². The van der Waals surface area contributed by atoms with Gasteiger partial charge in [-0.3, -0.25) is 9.89 Å². The van der Waals surface area contributed by atoms with Crippen LogP contribution in [0, 0.1) is 5.92 Å². The van der Waals surface area contributed by atoms with E-state index in [4.69, 9.17) is 0 Å². The van der Waals surface area contributed by atoms with Gasteiger partial charge >= 0.3 is 0 Å². The number of carbonyl (C=O) groups is 1. The van der Waals surface area contributed by atoms with E-state index in [1.165, 1.54) is 6.33 Å². The molecular formula is C10H18N4O. The molecule has 0 saturated carbocycles. The van der Waals surface area contributed by atoms with Gasteiger partial charge in [0.2, 0.25) is 5.91 Å². The van der Waals surface area contributed by atoms with Crippen LogP contribution in [0.1, 0.15) is 45.5 Å². The van der Waals surface area contributed by atoms with Gasteiger partial charge in [-0.25, -0.2) is 4.98 Å². The molecule has 0 bridgehead atoms. The van der Waals surface area contributed by atoms with E-state index >= 15 is 0 Å². The number of nitrogens with zero attached hydrogens (tertiary/aromatic N) is 2. The van der Waals surface area contributed by atoms with Gasteiger partial charge in [-0.05, 0) is 19.3 Å². The first-order chi connectivity index (χ1) is 7.09. The van der Waals surface area contributed by atoms with Gasteiger partial charge in [-0.2, -0.15) is 5.10 Å². The molecule has 0 aliphatic rings. The first kappa shape index (κ1) is 11.7. The lowest BCUT2D eigenvalue weighted by molar-refractivity contribution is -0.122. The zero-order valence-corrected chi connectivity index (χ0v) is 9.45. The molecule has 0 radical (unpaired) electrons. The molecule has 15 heavy (non-hydrogen) atoms. The Bertz CT molecular complexity index is 294. The number of hydrogen-bond donors (Lipinski definition) is 2. The predicted molar refractivity (Wildman–Crippen MR) is 57.0 cm³/mol. The number of aromatic nitrogens is 3. The zero-order valence-electron chi connectivity index (χ0n) is 9.45. The number of H-pyrrole nitrogens is 1. The third-order valence-corrected chi connectivity index (χ3v) is 2.17. The highest BCUT2D eigenvalue weighted by Gasteiger charge is 2.11. The van der Waals surface area contributed by atoms with Gasteiger partial charge in [0.05, 0.1) is 6.04 Å². The number of rotatable bonds is 5. The SMILES string of the molecule is CC(C)CCC(=O)NC(C)c1ncn[nH]1. The van der Waals surface area contributed by atoms with Crippen LogP contribution >= 0.6 is 0 Å². The quantitative estimate of drug-likeness (QED) is 0.772. The highest BCUT2D eigenvalue weighted by atomic mass is 16.1. The molecule has 1 rings (SSSR count). The normalized spacial score (nSPS) is 12.8. The number of carbonyl (C=O) groups excluding carboxylic acids is 1. The van der Waals surface area contributed by atoms with Crippen molar-refractivity contribution in [3.8, 4) is 0 Å². The summed E-state index contributed by atoms with van der Waals surface area (Å²) in [6.07, 6.45) is 2.91. The van der Waals surface area contributed by atoms with E-state index in [-0.39, 0.29) is 11.9 Å². The summed E-state index contributed by atoms with van der Waals surface area (Å²) < 4.78 is 0. The van der Waals surface area contributed by atoms with Crippen molar-refractivity contribution in [1.82, 2.24) is 20.5 Å². The molecule has 1 atom stereocenters. The van der Waals surface area contributed by atoms with E-state index < -0.39 is 0 Å². The lowest BCUT2D eigenvalue weighted by Gasteiger charge is -2.11. The topological polar surface area (TPSA) is 70.7 Å². The second-order valence-electron chi connectivity index (χ2n) is 4.09. The van der Waals surface area contributed by atoms with E-state index in [2.05, 4.69) is 34.3 Å². The van der Waals surface area contributed by atoms with Gasteiger partial charge in [0.1, 0.15) is 12.2 Å². The van der Waals surface area contributed by atoms with Gasteiger partial charge in [0, 0.05) is 6.42 Å². The molecule has 2 N–H and O–H groups in total. The second kappa shape index (κ2) is 5.48. The maximum atomic E-state index is 11.5. The zero-order chi connectivity index (χ0) is 11.3. The van der Waals surface area contributed by atoms with Crippen molar-refractivity contribution in [3.05, 3.63) is 12.2 Å². The van der Waals surface area contributed by atoms with Crippen molar-refractivity contribution in [2.24, 2.45) is 5.92 Å². The summed E-state index contributed by atoms with van der Waals surface area (Å²) >= 11 is 0. The highest BCUT2D eigenvalue weighted by Crippen LogP contribution is 2.07. The first-order valence-corrected chi connectivity index (χ1v) is 5.24. The summed E-state index contributed by atoms with van der Waals surface area (Å²) in [6, 6.07) is -0.104. The maximum Gasteiger partial charge on any atom is 0.220 e. The minimum atomic E-state index is -0.104. The van der Waals surface area contributed by atoms with Crippen molar-refractivity contribution in [1.29, 1.82) is 0 Å². The van der Waals surface area contributed by atoms with Crippen LogP contribution in [0.4, 0.5) is 0 Å². The molecule has 0 aliphatic carbocycles. The lowest BCUT2D eigenvalue weighted by atomic mass is 10.1. The molecule has 1 unspecified atom stereocenters. The van der Waals surface area contributed by atoms with E-state index in [1.807, 2.05) is 6.92 Å². The molecule has 0 aromatic carbocycles. The van der Waals surface area contributed by atoms with Crippen molar-refractivity contribution in [2.45, 2.75) is 39.7 Å². The molecule has 1 heterocycles. The van der Waals surface area contributed by atoms with Crippen LogP contribution in [-0.4, -0.2) is 21.1 Å². The summed E-state index contributed by atoms with van der Waals surface area (Å²) in [5.41, 5.74) is 0. The van der Waals surface area contributed by atoms with Gasteiger partial charge in [-0.15, -0.1) is 0 Å². The minimum absolute atomic E-state index is 0.0626. The molecule has 1 aromatic heterocycles. The van der Waals surface area contributed by atoms with Crippen LogP contribution in [-0.2, 0) is 4.79 Å². The Labute approximate surface area is 89.7 Å². The Morgan fingerprint density at radius 1 is 1.53 bits per heavy atom. The second-order valence-corrected chi connectivity index (χ2v) is 4.09. The molecule has 5 heteroatoms. The lowest BCUT2D eigenvalue weighted by Crippen LogP contribution is -2.27. The third kappa shape index (κ3) is 4.10. The first-order valence-electron chi connectivity index (χ1n) is 5.24. The van der Waals surface area contributed by atoms with Crippen molar-refractivity contribution in [3.63, 3.8) is 0 Å². The number of hydrogen-bond acceptors (Lipinski definition) is 3. The van der Waals surface area contributed by atoms with Crippen LogP contribution in [0.3, 0.4) is 0 Å². The molecule has 0 spiro atoms. The summed E-state index contributed by atoms with van der Waals surface area (Å²) in [6.45, 7) is 6.09. The molecule has 0 aliphatic heterocycles. The predicted octanol–water partition coefficient (Wildman–Crippen LogP) is 1.42. The Hall–Kier alpha value is -1.39. The Morgan fingerprint density at radius 2 is 2.27 bits per heavy atom. The van der Waals surface area contributed by atoms with Crippen LogP contribution in [0.2, 0.25) is 0 Å². The van der Waals surface area contributed by atoms with Crippen LogP contribution in [0.25, 0.3) is 0 Å². The fourth-order valence-corrected chi connectivity index (χ4v) is 1.23. The molecule has 84 valence electrons. The summed E-state index contributed by atoms with van der Waals surface area (Å²) in [4.78, 5) is 15.5.